The number of aliphatic hydroxyl groups excluding tert-OH is 3. The zero-order chi connectivity index (χ0) is 16.8. The normalized spacial score (nSPS) is 30.6. The number of nitrogens with one attached hydrogen (secondary N) is 2. The highest BCUT2D eigenvalue weighted by molar-refractivity contribution is 4.92. The summed E-state index contributed by atoms with van der Waals surface area (Å²) in [4.78, 5) is 24.3. The van der Waals surface area contributed by atoms with Gasteiger partial charge in [-0.05, 0) is 0 Å². The molecule has 130 valence electrons. The van der Waals surface area contributed by atoms with Crippen LogP contribution in [0.2, 0.25) is 0 Å². The van der Waals surface area contributed by atoms with Gasteiger partial charge in [0.05, 0.1) is 19.8 Å². The number of hydrogen-bond donors (Lipinski definition) is 5. The third-order valence-electron chi connectivity index (χ3n) is 3.49. The molecule has 1 aromatic heterocycles. The average molecular weight is 331 g/mol. The van der Waals surface area contributed by atoms with Crippen LogP contribution in [0.1, 0.15) is 6.23 Å². The molecule has 0 amide bonds. The fourth-order valence-corrected chi connectivity index (χ4v) is 2.25. The molecule has 5 N–H and O–H groups in total. The zero-order valence-electron chi connectivity index (χ0n) is 12.4. The molecule has 3 rings (SSSR count). The molecule has 0 radical (unpaired) electrons. The quantitative estimate of drug-likeness (QED) is 0.380. The third-order valence-corrected chi connectivity index (χ3v) is 3.49. The van der Waals surface area contributed by atoms with Gasteiger partial charge >= 0.3 is 5.69 Å². The Bertz CT molecular complexity index is 586. The number of aromatic amines is 1. The summed E-state index contributed by atoms with van der Waals surface area (Å²) in [6, 6.07) is 1.09. The van der Waals surface area contributed by atoms with E-state index in [2.05, 4.69) is 5.32 Å². The fraction of sp³-hybridized carbons (Fsp3) is 0.692. The third kappa shape index (κ3) is 4.47. The highest BCUT2D eigenvalue weighted by atomic mass is 16.6. The van der Waals surface area contributed by atoms with Crippen molar-refractivity contribution in [1.29, 1.82) is 0 Å². The van der Waals surface area contributed by atoms with Gasteiger partial charge < -0.3 is 30.1 Å². The molecular formula is C13H21N3O7. The molecule has 2 aliphatic rings. The summed E-state index contributed by atoms with van der Waals surface area (Å²) in [5.41, 5.74) is -1.33. The molecule has 23 heavy (non-hydrogen) atoms. The lowest BCUT2D eigenvalue weighted by molar-refractivity contribution is -0.0550. The summed E-state index contributed by atoms with van der Waals surface area (Å²) in [6.07, 6.45) is -3.58. The van der Waals surface area contributed by atoms with E-state index in [0.29, 0.717) is 0 Å². The molecule has 10 heteroatoms. The summed E-state index contributed by atoms with van der Waals surface area (Å²) in [5, 5.41) is 31.2. The number of nitrogens with zero attached hydrogens (tertiary/aromatic N) is 1. The van der Waals surface area contributed by atoms with Crippen LogP contribution in [-0.2, 0) is 9.47 Å². The van der Waals surface area contributed by atoms with Gasteiger partial charge in [0.25, 0.3) is 5.56 Å². The van der Waals surface area contributed by atoms with Crippen molar-refractivity contribution >= 4 is 0 Å². The van der Waals surface area contributed by atoms with E-state index in [4.69, 9.17) is 14.6 Å². The van der Waals surface area contributed by atoms with Crippen LogP contribution in [0.5, 0.6) is 0 Å². The Morgan fingerprint density at radius 1 is 1.22 bits per heavy atom. The van der Waals surface area contributed by atoms with Crippen LogP contribution in [0.15, 0.2) is 21.9 Å². The van der Waals surface area contributed by atoms with Crippen molar-refractivity contribution in [3.05, 3.63) is 33.1 Å². The number of rotatable bonds is 2. The maximum absolute atomic E-state index is 11.4. The molecular weight excluding hydrogens is 310 g/mol. The first-order valence-electron chi connectivity index (χ1n) is 7.27. The molecule has 0 aliphatic carbocycles. The second kappa shape index (κ2) is 8.34. The largest absolute Gasteiger partial charge is 0.394 e. The second-order valence-corrected chi connectivity index (χ2v) is 5.11. The lowest BCUT2D eigenvalue weighted by Gasteiger charge is -2.16. The number of ether oxygens (including phenoxy) is 2. The van der Waals surface area contributed by atoms with E-state index in [0.717, 1.165) is 43.1 Å². The van der Waals surface area contributed by atoms with Crippen molar-refractivity contribution in [3.8, 4) is 0 Å². The van der Waals surface area contributed by atoms with Crippen molar-refractivity contribution in [2.45, 2.75) is 24.5 Å². The average Bonchev–Trinajstić information content (AvgIpc) is 2.85. The van der Waals surface area contributed by atoms with Gasteiger partial charge in [-0.15, -0.1) is 0 Å². The molecule has 0 aromatic carbocycles. The predicted molar refractivity (Wildman–Crippen MR) is 78.0 cm³/mol. The van der Waals surface area contributed by atoms with Crippen molar-refractivity contribution in [2.75, 3.05) is 32.9 Å². The minimum Gasteiger partial charge on any atom is -0.394 e. The van der Waals surface area contributed by atoms with Gasteiger partial charge in [0.2, 0.25) is 0 Å². The zero-order valence-corrected chi connectivity index (χ0v) is 12.4. The minimum absolute atomic E-state index is 0.479. The molecule has 3 heterocycles. The minimum atomic E-state index is -1.35. The van der Waals surface area contributed by atoms with E-state index in [-0.39, 0.29) is 0 Å². The topological polar surface area (TPSA) is 146 Å². The monoisotopic (exact) mass is 331 g/mol. The lowest BCUT2D eigenvalue weighted by atomic mass is 10.1. The van der Waals surface area contributed by atoms with Crippen molar-refractivity contribution in [3.63, 3.8) is 0 Å². The van der Waals surface area contributed by atoms with Gasteiger partial charge in [0.1, 0.15) is 18.3 Å². The van der Waals surface area contributed by atoms with Crippen molar-refractivity contribution in [2.24, 2.45) is 0 Å². The molecule has 1 aromatic rings. The number of aliphatic hydroxyl groups is 3. The van der Waals surface area contributed by atoms with Gasteiger partial charge in [0.15, 0.2) is 6.23 Å². The number of hydrogen-bond acceptors (Lipinski definition) is 8. The summed E-state index contributed by atoms with van der Waals surface area (Å²) < 4.78 is 11.1. The smallest absolute Gasteiger partial charge is 0.330 e. The number of H-pyrrole nitrogens is 1. The second-order valence-electron chi connectivity index (χ2n) is 5.11. The number of aromatic nitrogens is 2. The van der Waals surface area contributed by atoms with Gasteiger partial charge in [-0.2, -0.15) is 0 Å². The Kier molecular flexibility index (Phi) is 6.45. The van der Waals surface area contributed by atoms with Crippen LogP contribution < -0.4 is 16.6 Å². The lowest BCUT2D eigenvalue weighted by Crippen LogP contribution is -2.37. The molecule has 2 fully saturated rings. The molecule has 10 nitrogen and oxygen atoms in total. The summed E-state index contributed by atoms with van der Waals surface area (Å²) in [5.74, 6) is 0. The first-order chi connectivity index (χ1) is 11.0. The molecule has 0 bridgehead atoms. The number of morpholine rings is 1. The Hall–Kier alpha value is -1.56. The summed E-state index contributed by atoms with van der Waals surface area (Å²) in [6.45, 7) is 3.35. The highest BCUT2D eigenvalue weighted by Crippen LogP contribution is 2.27. The van der Waals surface area contributed by atoms with Gasteiger partial charge in [0, 0.05) is 25.4 Å². The van der Waals surface area contributed by atoms with Crippen LogP contribution >= 0.6 is 0 Å². The Labute approximate surface area is 131 Å². The van der Waals surface area contributed by atoms with Crippen molar-refractivity contribution in [1.82, 2.24) is 14.9 Å². The van der Waals surface area contributed by atoms with Gasteiger partial charge in [-0.3, -0.25) is 14.3 Å². The SMILES string of the molecule is C1COCCN1.O=c1ccn([C@@H]2O[C@H](CO)[C@@H](O)[C@H]2O)c(=O)[nH]1. The molecule has 0 unspecified atom stereocenters. The Morgan fingerprint density at radius 2 is 1.91 bits per heavy atom. The maximum Gasteiger partial charge on any atom is 0.330 e. The highest BCUT2D eigenvalue weighted by Gasteiger charge is 2.43. The molecule has 0 saturated carbocycles. The van der Waals surface area contributed by atoms with E-state index in [1.54, 1.807) is 0 Å². The van der Waals surface area contributed by atoms with Gasteiger partial charge in [-0.25, -0.2) is 4.79 Å². The predicted octanol–water partition coefficient (Wildman–Crippen LogP) is -3.25. The van der Waals surface area contributed by atoms with E-state index < -0.39 is 42.4 Å². The fourth-order valence-electron chi connectivity index (χ4n) is 2.25. The van der Waals surface area contributed by atoms with E-state index >= 15 is 0 Å². The summed E-state index contributed by atoms with van der Waals surface area (Å²) in [7, 11) is 0. The van der Waals surface area contributed by atoms with Crippen LogP contribution in [-0.4, -0.2) is 76.1 Å². The van der Waals surface area contributed by atoms with E-state index in [1.807, 2.05) is 4.98 Å². The molecule has 4 atom stereocenters. The van der Waals surface area contributed by atoms with Crippen LogP contribution in [0, 0.1) is 0 Å². The molecule has 0 spiro atoms. The first kappa shape index (κ1) is 17.8. The van der Waals surface area contributed by atoms with Crippen LogP contribution in [0.3, 0.4) is 0 Å². The Morgan fingerprint density at radius 3 is 2.35 bits per heavy atom. The standard InChI is InChI=1S/C9H12N2O6.C4H9NO/c12-3-4-6(14)7(15)8(17-4)11-2-1-5(13)10-9(11)16;1-3-6-4-2-5-1/h1-2,4,6-8,12,14-15H,3H2,(H,10,13,16);5H,1-4H2/t4-,6-,7-,8-;/m1./s1. The molecule has 2 aliphatic heterocycles. The first-order valence-corrected chi connectivity index (χ1v) is 7.27. The van der Waals surface area contributed by atoms with Gasteiger partial charge in [-0.1, -0.05) is 0 Å². The van der Waals surface area contributed by atoms with Crippen molar-refractivity contribution < 1.29 is 24.8 Å². The van der Waals surface area contributed by atoms with Crippen LogP contribution in [0.4, 0.5) is 0 Å². The van der Waals surface area contributed by atoms with E-state index in [9.17, 15) is 19.8 Å². The van der Waals surface area contributed by atoms with E-state index in [1.165, 1.54) is 0 Å². The summed E-state index contributed by atoms with van der Waals surface area (Å²) >= 11 is 0. The Balaban J connectivity index is 0.000000268. The maximum atomic E-state index is 11.4. The molecule has 2 saturated heterocycles. The van der Waals surface area contributed by atoms with Crippen LogP contribution in [0.25, 0.3) is 0 Å².